The highest BCUT2D eigenvalue weighted by atomic mass is 31.2. The van der Waals surface area contributed by atoms with Crippen LogP contribution in [0.5, 0.6) is 0 Å². The molecule has 0 radical (unpaired) electrons. The first kappa shape index (κ1) is 15.7. The van der Waals surface area contributed by atoms with E-state index in [4.69, 9.17) is 0 Å². The van der Waals surface area contributed by atoms with E-state index < -0.39 is 7.14 Å². The summed E-state index contributed by atoms with van der Waals surface area (Å²) in [6, 6.07) is 29.3. The van der Waals surface area contributed by atoms with Crippen molar-refractivity contribution in [2.24, 2.45) is 11.8 Å². The minimum Gasteiger partial charge on any atom is -0.313 e. The molecule has 0 aromatic heterocycles. The number of hydrogen-bond acceptors (Lipinski definition) is 1. The first-order chi connectivity index (χ1) is 13.3. The molecule has 0 saturated heterocycles. The molecular weight excluding hydrogens is 347 g/mol. The van der Waals surface area contributed by atoms with Crippen molar-refractivity contribution in [1.29, 1.82) is 0 Å². The third kappa shape index (κ3) is 1.93. The summed E-state index contributed by atoms with van der Waals surface area (Å²) in [5.74, 6) is 1.84. The SMILES string of the molecule is O=P(c1ccccc1)(c1ccccc1)C1[C@H]2C=C[C@@H]1[C@H]1c3ccccc3[C@H]12. The normalized spacial score (nSPS) is 29.9. The number of fused-ring (bicyclic) bond motifs is 8. The van der Waals surface area contributed by atoms with Crippen molar-refractivity contribution in [3.8, 4) is 0 Å². The molecule has 1 saturated carbocycles. The number of hydrogen-bond donors (Lipinski definition) is 0. The van der Waals surface area contributed by atoms with Gasteiger partial charge in [-0.3, -0.25) is 0 Å². The quantitative estimate of drug-likeness (QED) is 0.466. The van der Waals surface area contributed by atoms with Crippen molar-refractivity contribution < 1.29 is 4.57 Å². The zero-order valence-corrected chi connectivity index (χ0v) is 15.9. The second kappa shape index (κ2) is 5.57. The number of allylic oxidation sites excluding steroid dienone is 2. The summed E-state index contributed by atoms with van der Waals surface area (Å²) in [6.07, 6.45) is 4.73. The summed E-state index contributed by atoms with van der Waals surface area (Å²) in [4.78, 5) is 0. The highest BCUT2D eigenvalue weighted by Crippen LogP contribution is 2.73. The smallest absolute Gasteiger partial charge is 0.147 e. The van der Waals surface area contributed by atoms with Crippen LogP contribution >= 0.6 is 7.14 Å². The van der Waals surface area contributed by atoms with Gasteiger partial charge in [-0.15, -0.1) is 0 Å². The molecular formula is C25H21OP. The van der Waals surface area contributed by atoms with Gasteiger partial charge in [-0.05, 0) is 34.8 Å². The molecule has 2 heteroatoms. The lowest BCUT2D eigenvalue weighted by Crippen LogP contribution is -2.29. The molecule has 0 spiro atoms. The van der Waals surface area contributed by atoms with Crippen LogP contribution in [0.25, 0.3) is 0 Å². The van der Waals surface area contributed by atoms with Crippen molar-refractivity contribution in [2.45, 2.75) is 17.5 Å². The molecule has 132 valence electrons. The second-order valence-electron chi connectivity index (χ2n) is 8.04. The Labute approximate surface area is 160 Å². The number of benzene rings is 3. The van der Waals surface area contributed by atoms with Crippen molar-refractivity contribution in [3.63, 3.8) is 0 Å². The first-order valence-corrected chi connectivity index (χ1v) is 11.6. The summed E-state index contributed by atoms with van der Waals surface area (Å²) in [7, 11) is -2.75. The van der Waals surface area contributed by atoms with Crippen LogP contribution in [0.3, 0.4) is 0 Å². The molecule has 3 aliphatic rings. The molecule has 0 aliphatic heterocycles. The van der Waals surface area contributed by atoms with Gasteiger partial charge in [0.05, 0.1) is 0 Å². The Kier molecular flexibility index (Phi) is 3.23. The van der Waals surface area contributed by atoms with Crippen molar-refractivity contribution in [1.82, 2.24) is 0 Å². The third-order valence-electron chi connectivity index (χ3n) is 6.97. The molecule has 0 heterocycles. The largest absolute Gasteiger partial charge is 0.313 e. The molecule has 6 rings (SSSR count). The van der Waals surface area contributed by atoms with E-state index in [2.05, 4.69) is 60.7 Å². The summed E-state index contributed by atoms with van der Waals surface area (Å²) in [5, 5.41) is 2.01. The Morgan fingerprint density at radius 1 is 0.556 bits per heavy atom. The van der Waals surface area contributed by atoms with E-state index in [9.17, 15) is 4.57 Å². The van der Waals surface area contributed by atoms with Crippen LogP contribution in [0.2, 0.25) is 0 Å². The van der Waals surface area contributed by atoms with Gasteiger partial charge < -0.3 is 4.57 Å². The summed E-state index contributed by atoms with van der Waals surface area (Å²) >= 11 is 0. The molecule has 0 N–H and O–H groups in total. The van der Waals surface area contributed by atoms with Crippen LogP contribution < -0.4 is 10.6 Å². The monoisotopic (exact) mass is 368 g/mol. The van der Waals surface area contributed by atoms with Gasteiger partial charge in [-0.1, -0.05) is 97.1 Å². The second-order valence-corrected chi connectivity index (χ2v) is 11.0. The van der Waals surface area contributed by atoms with Gasteiger partial charge in [0.1, 0.15) is 7.14 Å². The maximum atomic E-state index is 14.9. The van der Waals surface area contributed by atoms with Gasteiger partial charge in [0.25, 0.3) is 0 Å². The van der Waals surface area contributed by atoms with Gasteiger partial charge in [0.2, 0.25) is 0 Å². The molecule has 1 fully saturated rings. The van der Waals surface area contributed by atoms with E-state index in [1.165, 1.54) is 11.1 Å². The fraction of sp³-hybridized carbons (Fsp3) is 0.200. The molecule has 27 heavy (non-hydrogen) atoms. The minimum atomic E-state index is -2.75. The van der Waals surface area contributed by atoms with E-state index in [1.807, 2.05) is 36.4 Å². The first-order valence-electron chi connectivity index (χ1n) is 9.78. The molecule has 1 nitrogen and oxygen atoms in total. The molecule has 0 amide bonds. The highest BCUT2D eigenvalue weighted by molar-refractivity contribution is 7.79. The summed E-state index contributed by atoms with van der Waals surface area (Å²) in [5.41, 5.74) is 3.14. The maximum absolute atomic E-state index is 14.9. The fourth-order valence-electron chi connectivity index (χ4n) is 5.98. The van der Waals surface area contributed by atoms with Crippen LogP contribution in [0, 0.1) is 11.8 Å². The fourth-order valence-corrected chi connectivity index (χ4v) is 9.74. The minimum absolute atomic E-state index is 0.171. The zero-order valence-electron chi connectivity index (χ0n) is 15.0. The summed E-state index contributed by atoms with van der Waals surface area (Å²) < 4.78 is 14.9. The Morgan fingerprint density at radius 3 is 1.41 bits per heavy atom. The predicted molar refractivity (Wildman–Crippen MR) is 112 cm³/mol. The average Bonchev–Trinajstić information content (AvgIpc) is 3.26. The lowest BCUT2D eigenvalue weighted by molar-refractivity contribution is 0.444. The van der Waals surface area contributed by atoms with Crippen LogP contribution in [0.15, 0.2) is 97.1 Å². The highest BCUT2D eigenvalue weighted by Gasteiger charge is 2.63. The molecule has 2 bridgehead atoms. The Balaban J connectivity index is 1.54. The Bertz CT molecular complexity index is 1000. The lowest BCUT2D eigenvalue weighted by atomic mass is 9.63. The van der Waals surface area contributed by atoms with Crippen LogP contribution in [-0.4, -0.2) is 5.66 Å². The van der Waals surface area contributed by atoms with E-state index in [0.717, 1.165) is 10.6 Å². The van der Waals surface area contributed by atoms with Gasteiger partial charge in [-0.25, -0.2) is 0 Å². The molecule has 3 aromatic carbocycles. The average molecular weight is 368 g/mol. The number of rotatable bonds is 3. The van der Waals surface area contributed by atoms with E-state index >= 15 is 0 Å². The predicted octanol–water partition coefficient (Wildman–Crippen LogP) is 5.07. The van der Waals surface area contributed by atoms with Crippen LogP contribution in [0.1, 0.15) is 23.0 Å². The van der Waals surface area contributed by atoms with Crippen molar-refractivity contribution >= 4 is 17.8 Å². The molecule has 1 unspecified atom stereocenters. The van der Waals surface area contributed by atoms with Gasteiger partial charge in [-0.2, -0.15) is 0 Å². The zero-order chi connectivity index (χ0) is 18.0. The van der Waals surface area contributed by atoms with E-state index in [0.29, 0.717) is 23.7 Å². The molecule has 3 aliphatic carbocycles. The van der Waals surface area contributed by atoms with Crippen LogP contribution in [0.4, 0.5) is 0 Å². The Hall–Kier alpha value is -2.37. The summed E-state index contributed by atoms with van der Waals surface area (Å²) in [6.45, 7) is 0. The standard InChI is InChI=1S/C25H21OP/c26-27(17-9-3-1-4-10-17,18-11-5-2-6-12-18)25-21-15-16-22(25)24-20-14-8-7-13-19(20)23(21)24/h1-16,21-25H/t21-,22+,23-,24+,25?. The van der Waals surface area contributed by atoms with Gasteiger partial charge >= 0.3 is 0 Å². The molecule has 5 atom stereocenters. The van der Waals surface area contributed by atoms with E-state index in [-0.39, 0.29) is 5.66 Å². The van der Waals surface area contributed by atoms with Crippen LogP contribution in [-0.2, 0) is 4.57 Å². The van der Waals surface area contributed by atoms with Gasteiger partial charge in [0, 0.05) is 16.3 Å². The third-order valence-corrected chi connectivity index (χ3v) is 10.6. The maximum Gasteiger partial charge on any atom is 0.147 e. The van der Waals surface area contributed by atoms with E-state index in [1.54, 1.807) is 0 Å². The topological polar surface area (TPSA) is 17.1 Å². The van der Waals surface area contributed by atoms with Gasteiger partial charge in [0.15, 0.2) is 0 Å². The van der Waals surface area contributed by atoms with Crippen molar-refractivity contribution in [2.75, 3.05) is 0 Å². The Morgan fingerprint density at radius 2 is 0.963 bits per heavy atom. The molecule has 3 aromatic rings. The lowest BCUT2D eigenvalue weighted by Gasteiger charge is -2.40. The van der Waals surface area contributed by atoms with Crippen molar-refractivity contribution in [3.05, 3.63) is 108 Å².